The van der Waals surface area contributed by atoms with Gasteiger partial charge in [0.2, 0.25) is 0 Å². The maximum absolute atomic E-state index is 5.13. The highest BCUT2D eigenvalue weighted by Gasteiger charge is 2.22. The molecule has 1 aliphatic rings. The summed E-state index contributed by atoms with van der Waals surface area (Å²) in [4.78, 5) is 14.8. The summed E-state index contributed by atoms with van der Waals surface area (Å²) in [5, 5.41) is 8.59. The Balaban J connectivity index is 1.36. The molecule has 1 atom stereocenters. The van der Waals surface area contributed by atoms with Gasteiger partial charge in [-0.05, 0) is 81.1 Å². The summed E-state index contributed by atoms with van der Waals surface area (Å²) in [6.45, 7) is 2.02. The first-order valence-electron chi connectivity index (χ1n) is 15.2. The molecule has 0 saturated carbocycles. The molecular weight excluding hydrogens is 548 g/mol. The lowest BCUT2D eigenvalue weighted by atomic mass is 9.90. The van der Waals surface area contributed by atoms with E-state index in [0.717, 1.165) is 44.9 Å². The summed E-state index contributed by atoms with van der Waals surface area (Å²) >= 11 is 0. The molecule has 214 valence electrons. The van der Waals surface area contributed by atoms with E-state index in [1.807, 2.05) is 49.5 Å². The Hall–Kier alpha value is -5.87. The number of aromatic nitrogens is 1. The zero-order valence-corrected chi connectivity index (χ0v) is 24.9. The van der Waals surface area contributed by atoms with E-state index in [-0.39, 0.29) is 6.17 Å². The third-order valence-corrected chi connectivity index (χ3v) is 8.42. The number of hydrogen-bond acceptors (Lipinski definition) is 4. The zero-order valence-electron chi connectivity index (χ0n) is 24.9. The first kappa shape index (κ1) is 26.7. The highest BCUT2D eigenvalue weighted by molar-refractivity contribution is 6.16. The fourth-order valence-electron chi connectivity index (χ4n) is 6.14. The van der Waals surface area contributed by atoms with Gasteiger partial charge in [-0.15, -0.1) is 0 Å². The van der Waals surface area contributed by atoms with Gasteiger partial charge in [0.1, 0.15) is 12.0 Å². The number of amidine groups is 2. The van der Waals surface area contributed by atoms with Gasteiger partial charge >= 0.3 is 0 Å². The number of rotatable bonds is 5. The first-order valence-corrected chi connectivity index (χ1v) is 15.2. The molecule has 0 radical (unpaired) electrons. The van der Waals surface area contributed by atoms with E-state index in [1.54, 1.807) is 0 Å². The number of hydrogen-bond donors (Lipinski definition) is 1. The van der Waals surface area contributed by atoms with Crippen LogP contribution in [-0.2, 0) is 0 Å². The molecule has 2 heterocycles. The van der Waals surface area contributed by atoms with Gasteiger partial charge in [0, 0.05) is 28.6 Å². The Kier molecular flexibility index (Phi) is 6.73. The minimum absolute atomic E-state index is 0.274. The first-order chi connectivity index (χ1) is 22.2. The van der Waals surface area contributed by atoms with E-state index < -0.39 is 0 Å². The van der Waals surface area contributed by atoms with Crippen LogP contribution < -0.4 is 5.32 Å². The molecule has 1 unspecified atom stereocenters. The lowest BCUT2D eigenvalue weighted by Gasteiger charge is -2.24. The van der Waals surface area contributed by atoms with Crippen molar-refractivity contribution in [2.75, 3.05) is 0 Å². The second-order valence-electron chi connectivity index (χ2n) is 11.4. The van der Waals surface area contributed by atoms with Gasteiger partial charge in [0.15, 0.2) is 5.84 Å². The van der Waals surface area contributed by atoms with Crippen LogP contribution in [-0.4, -0.2) is 16.7 Å². The largest absolute Gasteiger partial charge is 0.344 e. The van der Waals surface area contributed by atoms with Crippen LogP contribution in [0, 0.1) is 6.92 Å². The summed E-state index contributed by atoms with van der Waals surface area (Å²) in [5.74, 6) is 1.49. The fourth-order valence-corrected chi connectivity index (χ4v) is 6.14. The van der Waals surface area contributed by atoms with Crippen LogP contribution >= 0.6 is 0 Å². The van der Waals surface area contributed by atoms with Crippen LogP contribution in [0.1, 0.15) is 28.6 Å². The van der Waals surface area contributed by atoms with Gasteiger partial charge in [-0.2, -0.15) is 0 Å². The molecule has 7 aromatic rings. The van der Waals surface area contributed by atoms with Crippen molar-refractivity contribution in [2.24, 2.45) is 9.98 Å². The second-order valence-corrected chi connectivity index (χ2v) is 11.4. The maximum Gasteiger partial charge on any atom is 0.159 e. The monoisotopic (exact) mass is 578 g/mol. The smallest absolute Gasteiger partial charge is 0.159 e. The van der Waals surface area contributed by atoms with E-state index in [4.69, 9.17) is 9.98 Å². The SMILES string of the molecule is Cc1ccc(-c2cc(C3=NC(c4ccccc4)=NC(c4ccccc4)N3)cc(-c3cc4ccccc4c4ccccc34)c2)cn1. The maximum atomic E-state index is 5.13. The topological polar surface area (TPSA) is 49.6 Å². The lowest BCUT2D eigenvalue weighted by Crippen LogP contribution is -2.33. The van der Waals surface area contributed by atoms with Crippen molar-refractivity contribution in [3.63, 3.8) is 0 Å². The van der Waals surface area contributed by atoms with Crippen LogP contribution in [0.5, 0.6) is 0 Å². The summed E-state index contributed by atoms with van der Waals surface area (Å²) < 4.78 is 0. The number of fused-ring (bicyclic) bond motifs is 3. The Morgan fingerprint density at radius 1 is 0.533 bits per heavy atom. The number of benzene rings is 6. The molecule has 0 bridgehead atoms. The number of pyridine rings is 1. The van der Waals surface area contributed by atoms with Crippen LogP contribution in [0.4, 0.5) is 0 Å². The van der Waals surface area contributed by atoms with Crippen molar-refractivity contribution < 1.29 is 0 Å². The summed E-state index contributed by atoms with van der Waals surface area (Å²) in [6, 6.07) is 51.1. The van der Waals surface area contributed by atoms with Gasteiger partial charge in [0.25, 0.3) is 0 Å². The minimum atomic E-state index is -0.274. The normalized spacial score (nSPS) is 14.6. The zero-order chi connectivity index (χ0) is 30.2. The van der Waals surface area contributed by atoms with E-state index in [0.29, 0.717) is 5.84 Å². The van der Waals surface area contributed by atoms with Gasteiger partial charge in [0.05, 0.1) is 0 Å². The standard InChI is InChI=1S/C41H30N4/c1-27-20-21-31(26-42-27)32-22-33(38-25-30-16-8-9-17-35(30)36-18-10-11-19-37(36)38)24-34(23-32)41-44-39(28-12-4-2-5-13-28)43-40(45-41)29-14-6-3-7-15-29/h2-26,39H,1H3,(H,43,44,45). The molecule has 0 spiro atoms. The van der Waals surface area contributed by atoms with Crippen molar-refractivity contribution in [1.29, 1.82) is 0 Å². The quantitative estimate of drug-likeness (QED) is 0.207. The summed E-state index contributed by atoms with van der Waals surface area (Å²) in [6.07, 6.45) is 1.68. The average molecular weight is 579 g/mol. The summed E-state index contributed by atoms with van der Waals surface area (Å²) in [5.41, 5.74) is 8.48. The molecular formula is C41H30N4. The summed E-state index contributed by atoms with van der Waals surface area (Å²) in [7, 11) is 0. The van der Waals surface area contributed by atoms with Crippen LogP contribution in [0.3, 0.4) is 0 Å². The van der Waals surface area contributed by atoms with Crippen LogP contribution in [0.15, 0.2) is 162 Å². The Morgan fingerprint density at radius 2 is 1.20 bits per heavy atom. The van der Waals surface area contributed by atoms with Crippen LogP contribution in [0.25, 0.3) is 43.8 Å². The van der Waals surface area contributed by atoms with Gasteiger partial charge < -0.3 is 5.32 Å². The van der Waals surface area contributed by atoms with Crippen molar-refractivity contribution in [1.82, 2.24) is 10.3 Å². The van der Waals surface area contributed by atoms with Crippen molar-refractivity contribution >= 4 is 33.2 Å². The Morgan fingerprint density at radius 3 is 1.98 bits per heavy atom. The Bertz CT molecular complexity index is 2230. The minimum Gasteiger partial charge on any atom is -0.344 e. The highest BCUT2D eigenvalue weighted by atomic mass is 15.2. The van der Waals surface area contributed by atoms with E-state index in [1.165, 1.54) is 27.1 Å². The van der Waals surface area contributed by atoms with Crippen molar-refractivity contribution in [3.05, 3.63) is 174 Å². The van der Waals surface area contributed by atoms with Crippen molar-refractivity contribution in [2.45, 2.75) is 13.1 Å². The number of aliphatic imine (C=N–C) groups is 2. The molecule has 0 saturated heterocycles. The highest BCUT2D eigenvalue weighted by Crippen LogP contribution is 2.37. The van der Waals surface area contributed by atoms with E-state index in [9.17, 15) is 0 Å². The molecule has 0 aliphatic carbocycles. The molecule has 6 aromatic carbocycles. The van der Waals surface area contributed by atoms with Crippen molar-refractivity contribution in [3.8, 4) is 22.3 Å². The fraction of sp³-hybridized carbons (Fsp3) is 0.0488. The molecule has 0 amide bonds. The van der Waals surface area contributed by atoms with Gasteiger partial charge in [-0.1, -0.05) is 115 Å². The molecule has 1 aliphatic heterocycles. The average Bonchev–Trinajstić information content (AvgIpc) is 3.12. The molecule has 8 rings (SSSR count). The molecule has 0 fully saturated rings. The predicted octanol–water partition coefficient (Wildman–Crippen LogP) is 9.53. The van der Waals surface area contributed by atoms with Gasteiger partial charge in [-0.25, -0.2) is 9.98 Å². The molecule has 45 heavy (non-hydrogen) atoms. The number of nitrogens with zero attached hydrogens (tertiary/aromatic N) is 3. The number of aryl methyl sites for hydroxylation is 1. The van der Waals surface area contributed by atoms with Gasteiger partial charge in [-0.3, -0.25) is 4.98 Å². The third-order valence-electron chi connectivity index (χ3n) is 8.42. The third kappa shape index (κ3) is 5.17. The molecule has 1 aromatic heterocycles. The Labute approximate surface area is 262 Å². The predicted molar refractivity (Wildman–Crippen MR) is 187 cm³/mol. The van der Waals surface area contributed by atoms with E-state index >= 15 is 0 Å². The second kappa shape index (κ2) is 11.3. The molecule has 4 heteroatoms. The number of nitrogens with one attached hydrogen (secondary N) is 1. The molecule has 1 N–H and O–H groups in total. The lowest BCUT2D eigenvalue weighted by molar-refractivity contribution is 0.674. The van der Waals surface area contributed by atoms with Crippen LogP contribution in [0.2, 0.25) is 0 Å². The molecule has 4 nitrogen and oxygen atoms in total. The van der Waals surface area contributed by atoms with E-state index in [2.05, 4.69) is 119 Å².